The van der Waals surface area contributed by atoms with Gasteiger partial charge in [0.25, 0.3) is 0 Å². The molecular weight excluding hydrogens is 172 g/mol. The zero-order valence-electron chi connectivity index (χ0n) is 7.20. The molecule has 1 rings (SSSR count). The van der Waals surface area contributed by atoms with Crippen LogP contribution in [0, 0.1) is 0 Å². The fourth-order valence-corrected chi connectivity index (χ4v) is 1.45. The van der Waals surface area contributed by atoms with Gasteiger partial charge >= 0.3 is 0 Å². The van der Waals surface area contributed by atoms with Gasteiger partial charge in [-0.15, -0.1) is 11.3 Å². The lowest BCUT2D eigenvalue weighted by Crippen LogP contribution is -2.31. The Morgan fingerprint density at radius 2 is 2.50 bits per heavy atom. The molecule has 1 aromatic rings. The Morgan fingerprint density at radius 3 is 3.00 bits per heavy atom. The lowest BCUT2D eigenvalue weighted by molar-refractivity contribution is -0.120. The molecule has 0 spiro atoms. The molecule has 0 aliphatic rings. The van der Waals surface area contributed by atoms with Crippen molar-refractivity contribution in [2.45, 2.75) is 26.3 Å². The van der Waals surface area contributed by atoms with Crippen LogP contribution in [0.4, 0.5) is 0 Å². The molecule has 0 fully saturated rings. The van der Waals surface area contributed by atoms with Crippen molar-refractivity contribution in [1.82, 2.24) is 10.3 Å². The number of rotatable bonds is 3. The zero-order valence-corrected chi connectivity index (χ0v) is 8.02. The van der Waals surface area contributed by atoms with E-state index in [0.717, 1.165) is 4.88 Å². The quantitative estimate of drug-likeness (QED) is 0.767. The highest BCUT2D eigenvalue weighted by molar-refractivity contribution is 7.09. The van der Waals surface area contributed by atoms with E-state index in [4.69, 9.17) is 0 Å². The van der Waals surface area contributed by atoms with Crippen molar-refractivity contribution in [3.63, 3.8) is 0 Å². The monoisotopic (exact) mass is 184 g/mol. The second kappa shape index (κ2) is 4.21. The van der Waals surface area contributed by atoms with Gasteiger partial charge in [-0.05, 0) is 13.8 Å². The molecule has 12 heavy (non-hydrogen) atoms. The summed E-state index contributed by atoms with van der Waals surface area (Å²) in [7, 11) is 0. The van der Waals surface area contributed by atoms with E-state index in [0.29, 0.717) is 6.42 Å². The molecule has 0 aromatic carbocycles. The van der Waals surface area contributed by atoms with Gasteiger partial charge in [0.05, 0.1) is 11.9 Å². The number of hydrogen-bond donors (Lipinski definition) is 1. The lowest BCUT2D eigenvalue weighted by Gasteiger charge is -2.06. The SMILES string of the molecule is CC(C)NC(=O)Cc1cncs1. The molecule has 1 N–H and O–H groups in total. The first kappa shape index (κ1) is 9.19. The maximum absolute atomic E-state index is 11.2. The van der Waals surface area contributed by atoms with Crippen molar-refractivity contribution in [1.29, 1.82) is 0 Å². The number of nitrogens with zero attached hydrogens (tertiary/aromatic N) is 1. The summed E-state index contributed by atoms with van der Waals surface area (Å²) in [5.41, 5.74) is 1.73. The van der Waals surface area contributed by atoms with Crippen LogP contribution in [0.3, 0.4) is 0 Å². The predicted molar refractivity (Wildman–Crippen MR) is 49.1 cm³/mol. The fourth-order valence-electron chi connectivity index (χ4n) is 0.861. The lowest BCUT2D eigenvalue weighted by atomic mass is 10.3. The molecule has 0 saturated carbocycles. The van der Waals surface area contributed by atoms with Gasteiger partial charge in [0.2, 0.25) is 5.91 Å². The molecule has 0 aliphatic carbocycles. The average Bonchev–Trinajstić information content (AvgIpc) is 2.37. The highest BCUT2D eigenvalue weighted by Gasteiger charge is 2.04. The molecule has 0 radical (unpaired) electrons. The van der Waals surface area contributed by atoms with Crippen molar-refractivity contribution in [3.05, 3.63) is 16.6 Å². The third-order valence-corrected chi connectivity index (χ3v) is 2.05. The Balaban J connectivity index is 2.37. The van der Waals surface area contributed by atoms with Gasteiger partial charge in [-0.2, -0.15) is 0 Å². The van der Waals surface area contributed by atoms with E-state index < -0.39 is 0 Å². The Bertz CT molecular complexity index is 244. The number of carbonyl (C=O) groups excluding carboxylic acids is 1. The Morgan fingerprint density at radius 1 is 1.75 bits per heavy atom. The van der Waals surface area contributed by atoms with Crippen LogP contribution in [0.25, 0.3) is 0 Å². The van der Waals surface area contributed by atoms with Gasteiger partial charge < -0.3 is 5.32 Å². The summed E-state index contributed by atoms with van der Waals surface area (Å²) >= 11 is 1.51. The highest BCUT2D eigenvalue weighted by Crippen LogP contribution is 2.05. The Kier molecular flexibility index (Phi) is 3.22. The van der Waals surface area contributed by atoms with E-state index in [2.05, 4.69) is 10.3 Å². The molecule has 66 valence electrons. The van der Waals surface area contributed by atoms with E-state index in [1.807, 2.05) is 13.8 Å². The van der Waals surface area contributed by atoms with E-state index in [1.165, 1.54) is 11.3 Å². The van der Waals surface area contributed by atoms with Crippen molar-refractivity contribution in [3.8, 4) is 0 Å². The summed E-state index contributed by atoms with van der Waals surface area (Å²) in [6.45, 7) is 3.90. The minimum Gasteiger partial charge on any atom is -0.354 e. The zero-order chi connectivity index (χ0) is 8.97. The molecule has 0 bridgehead atoms. The van der Waals surface area contributed by atoms with Crippen LogP contribution in [-0.4, -0.2) is 16.9 Å². The smallest absolute Gasteiger partial charge is 0.225 e. The van der Waals surface area contributed by atoms with Crippen LogP contribution >= 0.6 is 11.3 Å². The third-order valence-electron chi connectivity index (χ3n) is 1.27. The minimum absolute atomic E-state index is 0.0641. The van der Waals surface area contributed by atoms with Gasteiger partial charge in [0.15, 0.2) is 0 Å². The van der Waals surface area contributed by atoms with Crippen LogP contribution in [0.5, 0.6) is 0 Å². The van der Waals surface area contributed by atoms with Crippen molar-refractivity contribution in [2.24, 2.45) is 0 Å². The van der Waals surface area contributed by atoms with Crippen LogP contribution in [-0.2, 0) is 11.2 Å². The highest BCUT2D eigenvalue weighted by atomic mass is 32.1. The standard InChI is InChI=1S/C8H12N2OS/c1-6(2)10-8(11)3-7-4-9-5-12-7/h4-6H,3H2,1-2H3,(H,10,11). The number of nitrogens with one attached hydrogen (secondary N) is 1. The summed E-state index contributed by atoms with van der Waals surface area (Å²) < 4.78 is 0. The van der Waals surface area contributed by atoms with Gasteiger partial charge in [0, 0.05) is 17.1 Å². The summed E-state index contributed by atoms with van der Waals surface area (Å²) in [6.07, 6.45) is 2.17. The van der Waals surface area contributed by atoms with Gasteiger partial charge in [-0.25, -0.2) is 0 Å². The first-order valence-electron chi connectivity index (χ1n) is 3.85. The molecule has 3 nitrogen and oxygen atoms in total. The molecule has 1 aromatic heterocycles. The molecule has 0 unspecified atom stereocenters. The Labute approximate surface area is 75.8 Å². The number of hydrogen-bond acceptors (Lipinski definition) is 3. The molecule has 0 saturated heterocycles. The van der Waals surface area contributed by atoms with Crippen molar-refractivity contribution in [2.75, 3.05) is 0 Å². The molecular formula is C8H12N2OS. The second-order valence-electron chi connectivity index (χ2n) is 2.87. The van der Waals surface area contributed by atoms with E-state index >= 15 is 0 Å². The van der Waals surface area contributed by atoms with Gasteiger partial charge in [-0.1, -0.05) is 0 Å². The fraction of sp³-hybridized carbons (Fsp3) is 0.500. The van der Waals surface area contributed by atoms with Crippen LogP contribution in [0.1, 0.15) is 18.7 Å². The second-order valence-corrected chi connectivity index (χ2v) is 3.84. The minimum atomic E-state index is 0.0641. The summed E-state index contributed by atoms with van der Waals surface area (Å²) in [5.74, 6) is 0.0641. The van der Waals surface area contributed by atoms with Crippen LogP contribution in [0.2, 0.25) is 0 Å². The normalized spacial score (nSPS) is 10.2. The Hall–Kier alpha value is -0.900. The topological polar surface area (TPSA) is 42.0 Å². The maximum atomic E-state index is 11.2. The number of amides is 1. The van der Waals surface area contributed by atoms with Gasteiger partial charge in [-0.3, -0.25) is 9.78 Å². The molecule has 4 heteroatoms. The predicted octanol–water partition coefficient (Wildman–Crippen LogP) is 1.21. The summed E-state index contributed by atoms with van der Waals surface area (Å²) in [6, 6.07) is 0.213. The molecule has 0 aliphatic heterocycles. The van der Waals surface area contributed by atoms with Crippen molar-refractivity contribution < 1.29 is 4.79 Å². The number of thiazole rings is 1. The molecule has 0 atom stereocenters. The van der Waals surface area contributed by atoms with E-state index in [1.54, 1.807) is 11.7 Å². The van der Waals surface area contributed by atoms with Crippen molar-refractivity contribution >= 4 is 17.2 Å². The summed E-state index contributed by atoms with van der Waals surface area (Å²) in [5, 5.41) is 2.82. The molecule has 1 heterocycles. The largest absolute Gasteiger partial charge is 0.354 e. The van der Waals surface area contributed by atoms with Crippen LogP contribution in [0.15, 0.2) is 11.7 Å². The number of aromatic nitrogens is 1. The number of carbonyl (C=O) groups is 1. The van der Waals surface area contributed by atoms with Crippen LogP contribution < -0.4 is 5.32 Å². The molecule has 1 amide bonds. The first-order valence-corrected chi connectivity index (χ1v) is 4.73. The summed E-state index contributed by atoms with van der Waals surface area (Å²) in [4.78, 5) is 16.1. The first-order chi connectivity index (χ1) is 5.68. The average molecular weight is 184 g/mol. The maximum Gasteiger partial charge on any atom is 0.225 e. The third kappa shape index (κ3) is 3.00. The van der Waals surface area contributed by atoms with Gasteiger partial charge in [0.1, 0.15) is 0 Å². The van der Waals surface area contributed by atoms with E-state index in [9.17, 15) is 4.79 Å². The van der Waals surface area contributed by atoms with E-state index in [-0.39, 0.29) is 11.9 Å².